The molecule has 0 saturated heterocycles. The van der Waals surface area contributed by atoms with Gasteiger partial charge >= 0.3 is 5.97 Å². The number of esters is 1. The van der Waals surface area contributed by atoms with E-state index in [-0.39, 0.29) is 17.2 Å². The third-order valence-electron chi connectivity index (χ3n) is 1.87. The van der Waals surface area contributed by atoms with E-state index in [0.717, 1.165) is 0 Å². The molecule has 1 rings (SSSR count). The van der Waals surface area contributed by atoms with Crippen molar-refractivity contribution in [3.05, 3.63) is 11.6 Å². The highest BCUT2D eigenvalue weighted by molar-refractivity contribution is 6.03. The van der Waals surface area contributed by atoms with Gasteiger partial charge in [-0.1, -0.05) is 20.8 Å². The maximum absolute atomic E-state index is 11.4. The van der Waals surface area contributed by atoms with E-state index in [4.69, 9.17) is 4.74 Å². The maximum atomic E-state index is 11.4. The monoisotopic (exact) mass is 196 g/mol. The zero-order valence-corrected chi connectivity index (χ0v) is 8.92. The molecular formula is C11H16O3. The minimum atomic E-state index is -0.342. The Labute approximate surface area is 84.1 Å². The van der Waals surface area contributed by atoms with E-state index in [0.29, 0.717) is 25.0 Å². The van der Waals surface area contributed by atoms with Crippen molar-refractivity contribution in [1.29, 1.82) is 0 Å². The number of rotatable bonds is 2. The summed E-state index contributed by atoms with van der Waals surface area (Å²) in [5.41, 5.74) is 0.484. The highest BCUT2D eigenvalue weighted by Crippen LogP contribution is 2.18. The molecule has 0 N–H and O–H groups in total. The molecule has 0 radical (unpaired) electrons. The largest absolute Gasteiger partial charge is 0.462 e. The van der Waals surface area contributed by atoms with Crippen molar-refractivity contribution >= 4 is 11.8 Å². The summed E-state index contributed by atoms with van der Waals surface area (Å²) < 4.78 is 5.08. The van der Waals surface area contributed by atoms with Gasteiger partial charge in [-0.3, -0.25) is 4.79 Å². The Balaban J connectivity index is 2.44. The van der Waals surface area contributed by atoms with E-state index in [1.165, 1.54) is 6.08 Å². The third-order valence-corrected chi connectivity index (χ3v) is 1.87. The fourth-order valence-electron chi connectivity index (χ4n) is 1.13. The molecule has 0 heterocycles. The first-order chi connectivity index (χ1) is 6.38. The van der Waals surface area contributed by atoms with Gasteiger partial charge in [-0.05, 0) is 17.9 Å². The highest BCUT2D eigenvalue weighted by Gasteiger charge is 2.21. The van der Waals surface area contributed by atoms with Gasteiger partial charge in [0, 0.05) is 12.0 Å². The summed E-state index contributed by atoms with van der Waals surface area (Å²) in [4.78, 5) is 22.3. The minimum absolute atomic E-state index is 0.0210. The van der Waals surface area contributed by atoms with E-state index in [2.05, 4.69) is 0 Å². The third kappa shape index (κ3) is 3.32. The second kappa shape index (κ2) is 3.95. The quantitative estimate of drug-likeness (QED) is 0.633. The first-order valence-electron chi connectivity index (χ1n) is 4.79. The lowest BCUT2D eigenvalue weighted by atomic mass is 9.99. The van der Waals surface area contributed by atoms with Crippen molar-refractivity contribution in [2.24, 2.45) is 5.41 Å². The van der Waals surface area contributed by atoms with Crippen molar-refractivity contribution in [1.82, 2.24) is 0 Å². The standard InChI is InChI=1S/C11H16O3/c1-11(2,3)7-14-10(13)8-4-5-9(12)6-8/h6H,4-5,7H2,1-3H3. The topological polar surface area (TPSA) is 43.4 Å². The fraction of sp³-hybridized carbons (Fsp3) is 0.636. The fourth-order valence-corrected chi connectivity index (χ4v) is 1.13. The van der Waals surface area contributed by atoms with Crippen LogP contribution in [0.2, 0.25) is 0 Å². The predicted octanol–water partition coefficient (Wildman–Crippen LogP) is 1.86. The average molecular weight is 196 g/mol. The van der Waals surface area contributed by atoms with Gasteiger partial charge in [0.25, 0.3) is 0 Å². The van der Waals surface area contributed by atoms with Crippen LogP contribution < -0.4 is 0 Å². The Morgan fingerprint density at radius 1 is 1.43 bits per heavy atom. The van der Waals surface area contributed by atoms with Gasteiger partial charge in [-0.2, -0.15) is 0 Å². The molecule has 0 unspecified atom stereocenters. The molecule has 0 atom stereocenters. The smallest absolute Gasteiger partial charge is 0.334 e. The molecule has 0 fully saturated rings. The van der Waals surface area contributed by atoms with E-state index in [1.54, 1.807) is 0 Å². The minimum Gasteiger partial charge on any atom is -0.462 e. The molecule has 0 bridgehead atoms. The number of hydrogen-bond acceptors (Lipinski definition) is 3. The van der Waals surface area contributed by atoms with E-state index in [1.807, 2.05) is 20.8 Å². The molecule has 3 nitrogen and oxygen atoms in total. The molecular weight excluding hydrogens is 180 g/mol. The van der Waals surface area contributed by atoms with Crippen LogP contribution in [0.3, 0.4) is 0 Å². The van der Waals surface area contributed by atoms with Gasteiger partial charge in [0.2, 0.25) is 0 Å². The Hall–Kier alpha value is -1.12. The van der Waals surface area contributed by atoms with Gasteiger partial charge < -0.3 is 4.74 Å². The molecule has 1 aliphatic carbocycles. The molecule has 1 aliphatic rings. The number of allylic oxidation sites excluding steroid dienone is 1. The second-order valence-electron chi connectivity index (χ2n) is 4.77. The molecule has 0 spiro atoms. The van der Waals surface area contributed by atoms with Crippen LogP contribution in [0.25, 0.3) is 0 Å². The number of carbonyl (C=O) groups excluding carboxylic acids is 2. The van der Waals surface area contributed by atoms with Crippen molar-refractivity contribution in [3.63, 3.8) is 0 Å². The van der Waals surface area contributed by atoms with Crippen LogP contribution in [0, 0.1) is 5.41 Å². The van der Waals surface area contributed by atoms with Crippen molar-refractivity contribution in [2.45, 2.75) is 33.6 Å². The molecule has 0 aromatic rings. The number of ketones is 1. The zero-order valence-electron chi connectivity index (χ0n) is 8.92. The Bertz CT molecular complexity index is 281. The lowest BCUT2D eigenvalue weighted by Gasteiger charge is -2.17. The van der Waals surface area contributed by atoms with Crippen LogP contribution in [-0.2, 0) is 14.3 Å². The molecule has 3 heteroatoms. The van der Waals surface area contributed by atoms with Gasteiger partial charge in [0.15, 0.2) is 5.78 Å². The summed E-state index contributed by atoms with van der Waals surface area (Å²) in [7, 11) is 0. The maximum Gasteiger partial charge on any atom is 0.334 e. The normalized spacial score (nSPS) is 16.8. The molecule has 14 heavy (non-hydrogen) atoms. The zero-order chi connectivity index (χ0) is 10.8. The summed E-state index contributed by atoms with van der Waals surface area (Å²) in [6.45, 7) is 6.37. The molecule has 0 saturated carbocycles. The summed E-state index contributed by atoms with van der Waals surface area (Å²) in [6, 6.07) is 0. The van der Waals surface area contributed by atoms with Crippen LogP contribution in [0.5, 0.6) is 0 Å². The van der Waals surface area contributed by atoms with Gasteiger partial charge in [0.1, 0.15) is 0 Å². The van der Waals surface area contributed by atoms with Crippen LogP contribution >= 0.6 is 0 Å². The van der Waals surface area contributed by atoms with Gasteiger partial charge in [-0.25, -0.2) is 4.79 Å². The predicted molar refractivity (Wildman–Crippen MR) is 52.7 cm³/mol. The number of hydrogen-bond donors (Lipinski definition) is 0. The molecule has 78 valence electrons. The summed E-state index contributed by atoms with van der Waals surface area (Å²) in [5, 5.41) is 0. The molecule has 0 aromatic heterocycles. The SMILES string of the molecule is CC(C)(C)COC(=O)C1=CC(=O)CC1. The molecule has 0 aliphatic heterocycles. The molecule has 0 aromatic carbocycles. The van der Waals surface area contributed by atoms with Crippen molar-refractivity contribution < 1.29 is 14.3 Å². The van der Waals surface area contributed by atoms with E-state index < -0.39 is 0 Å². The number of ether oxygens (including phenoxy) is 1. The highest BCUT2D eigenvalue weighted by atomic mass is 16.5. The lowest BCUT2D eigenvalue weighted by Crippen LogP contribution is -2.18. The van der Waals surface area contributed by atoms with Crippen LogP contribution in [0.15, 0.2) is 11.6 Å². The second-order valence-corrected chi connectivity index (χ2v) is 4.77. The lowest BCUT2D eigenvalue weighted by molar-refractivity contribution is -0.141. The Morgan fingerprint density at radius 2 is 2.07 bits per heavy atom. The molecule has 0 amide bonds. The summed E-state index contributed by atoms with van der Waals surface area (Å²) in [5.74, 6) is -0.321. The first kappa shape index (κ1) is 11.0. The van der Waals surface area contributed by atoms with E-state index >= 15 is 0 Å². The summed E-state index contributed by atoms with van der Waals surface area (Å²) in [6.07, 6.45) is 2.37. The average Bonchev–Trinajstić information content (AvgIpc) is 2.46. The van der Waals surface area contributed by atoms with Crippen LogP contribution in [0.4, 0.5) is 0 Å². The number of carbonyl (C=O) groups is 2. The first-order valence-corrected chi connectivity index (χ1v) is 4.79. The summed E-state index contributed by atoms with van der Waals surface area (Å²) >= 11 is 0. The van der Waals surface area contributed by atoms with Crippen LogP contribution in [-0.4, -0.2) is 18.4 Å². The van der Waals surface area contributed by atoms with Crippen molar-refractivity contribution in [2.75, 3.05) is 6.61 Å². The van der Waals surface area contributed by atoms with Crippen LogP contribution in [0.1, 0.15) is 33.6 Å². The Morgan fingerprint density at radius 3 is 2.50 bits per heavy atom. The van der Waals surface area contributed by atoms with E-state index in [9.17, 15) is 9.59 Å². The van der Waals surface area contributed by atoms with Gasteiger partial charge in [0.05, 0.1) is 6.61 Å². The van der Waals surface area contributed by atoms with Crippen molar-refractivity contribution in [3.8, 4) is 0 Å². The Kier molecular flexibility index (Phi) is 3.09. The van der Waals surface area contributed by atoms with Gasteiger partial charge in [-0.15, -0.1) is 0 Å².